The molecule has 0 unspecified atom stereocenters. The molecule has 5 heteroatoms. The Morgan fingerprint density at radius 3 is 2.33 bits per heavy atom. The van der Waals surface area contributed by atoms with Crippen LogP contribution in [0.5, 0.6) is 0 Å². The van der Waals surface area contributed by atoms with E-state index in [9.17, 15) is 14.9 Å². The summed E-state index contributed by atoms with van der Waals surface area (Å²) in [6.45, 7) is 0. The first-order valence-electron chi connectivity index (χ1n) is 9.42. The van der Waals surface area contributed by atoms with Gasteiger partial charge in [-0.1, -0.05) is 78.9 Å². The van der Waals surface area contributed by atoms with E-state index in [0.29, 0.717) is 16.8 Å². The number of carbonyl (C=O) groups excluding carboxylic acids is 1. The van der Waals surface area contributed by atoms with Gasteiger partial charge in [-0.3, -0.25) is 14.9 Å². The van der Waals surface area contributed by atoms with Gasteiger partial charge in [-0.15, -0.1) is 0 Å². The van der Waals surface area contributed by atoms with Gasteiger partial charge >= 0.3 is 0 Å². The first kappa shape index (κ1) is 19.1. The fourth-order valence-electron chi connectivity index (χ4n) is 3.32. The summed E-state index contributed by atoms with van der Waals surface area (Å²) < 4.78 is 0. The minimum atomic E-state index is -0.449. The number of hydrogen-bond donors (Lipinski definition) is 1. The largest absolute Gasteiger partial charge is 0.321 e. The predicted molar refractivity (Wildman–Crippen MR) is 120 cm³/mol. The zero-order valence-corrected chi connectivity index (χ0v) is 16.0. The number of carbonyl (C=O) groups is 1. The number of rotatable bonds is 5. The number of fused-ring (bicyclic) bond motifs is 1. The van der Waals surface area contributed by atoms with Crippen LogP contribution in [0.3, 0.4) is 0 Å². The number of hydrogen-bond acceptors (Lipinski definition) is 3. The maximum atomic E-state index is 13.3. The molecule has 5 nitrogen and oxygen atoms in total. The highest BCUT2D eigenvalue weighted by Crippen LogP contribution is 2.26. The summed E-state index contributed by atoms with van der Waals surface area (Å²) in [5.74, 6) is -0.288. The van der Waals surface area contributed by atoms with Crippen molar-refractivity contribution in [3.8, 4) is 0 Å². The van der Waals surface area contributed by atoms with Crippen LogP contribution < -0.4 is 5.32 Å². The summed E-state index contributed by atoms with van der Waals surface area (Å²) in [6, 6.07) is 29.0. The van der Waals surface area contributed by atoms with Gasteiger partial charge in [0.2, 0.25) is 0 Å². The van der Waals surface area contributed by atoms with Crippen LogP contribution in [0.4, 0.5) is 11.4 Å². The molecular formula is C25H18N2O3. The third-order valence-corrected chi connectivity index (χ3v) is 4.76. The molecule has 0 aromatic heterocycles. The Labute approximate surface area is 173 Å². The normalized spacial score (nSPS) is 11.3. The molecule has 0 bridgehead atoms. The molecule has 0 spiro atoms. The average molecular weight is 394 g/mol. The van der Waals surface area contributed by atoms with Crippen LogP contribution in [-0.2, 0) is 4.79 Å². The number of nitro groups is 1. The summed E-state index contributed by atoms with van der Waals surface area (Å²) in [6.07, 6.45) is 1.67. The molecule has 0 saturated carbocycles. The second kappa shape index (κ2) is 8.41. The van der Waals surface area contributed by atoms with Crippen molar-refractivity contribution in [3.05, 3.63) is 118 Å². The topological polar surface area (TPSA) is 72.2 Å². The average Bonchev–Trinajstić information content (AvgIpc) is 2.78. The molecule has 4 rings (SSSR count). The Morgan fingerprint density at radius 2 is 1.53 bits per heavy atom. The number of anilines is 1. The van der Waals surface area contributed by atoms with Crippen LogP contribution in [0.15, 0.2) is 97.1 Å². The van der Waals surface area contributed by atoms with E-state index >= 15 is 0 Å². The number of non-ortho nitro benzene ring substituents is 1. The van der Waals surface area contributed by atoms with Gasteiger partial charge in [0.1, 0.15) is 0 Å². The molecule has 1 amide bonds. The van der Waals surface area contributed by atoms with Gasteiger partial charge in [0, 0.05) is 28.8 Å². The van der Waals surface area contributed by atoms with Crippen LogP contribution >= 0.6 is 0 Å². The van der Waals surface area contributed by atoms with Crippen LogP contribution in [0.25, 0.3) is 22.4 Å². The second-order valence-corrected chi connectivity index (χ2v) is 6.76. The SMILES string of the molecule is O=C(Nc1cccc2ccccc12)/C(=C\c1cccc([N+](=O)[O-])c1)c1ccccc1. The maximum Gasteiger partial charge on any atom is 0.270 e. The number of amides is 1. The van der Waals surface area contributed by atoms with Crippen molar-refractivity contribution >= 4 is 39.7 Å². The van der Waals surface area contributed by atoms with Gasteiger partial charge in [-0.25, -0.2) is 0 Å². The first-order valence-corrected chi connectivity index (χ1v) is 9.42. The molecular weight excluding hydrogens is 376 g/mol. The van der Waals surface area contributed by atoms with Crippen molar-refractivity contribution in [1.82, 2.24) is 0 Å². The van der Waals surface area contributed by atoms with Crippen LogP contribution in [-0.4, -0.2) is 10.8 Å². The second-order valence-electron chi connectivity index (χ2n) is 6.76. The highest BCUT2D eigenvalue weighted by molar-refractivity contribution is 6.30. The number of nitro benzene ring substituents is 1. The zero-order chi connectivity index (χ0) is 20.9. The lowest BCUT2D eigenvalue weighted by Gasteiger charge is -2.12. The standard InChI is InChI=1S/C25H18N2O3/c28-25(26-24-15-7-12-19-11-4-5-14-22(19)24)23(20-9-2-1-3-10-20)17-18-8-6-13-21(16-18)27(29)30/h1-17H,(H,26,28)/b23-17-. The summed E-state index contributed by atoms with van der Waals surface area (Å²) in [5.41, 5.74) is 2.41. The number of benzene rings is 4. The highest BCUT2D eigenvalue weighted by atomic mass is 16.6. The Morgan fingerprint density at radius 1 is 0.833 bits per heavy atom. The van der Waals surface area contributed by atoms with E-state index in [2.05, 4.69) is 5.32 Å². The van der Waals surface area contributed by atoms with Crippen molar-refractivity contribution in [3.63, 3.8) is 0 Å². The molecule has 0 aliphatic rings. The lowest BCUT2D eigenvalue weighted by molar-refractivity contribution is -0.384. The number of nitrogens with zero attached hydrogens (tertiary/aromatic N) is 1. The summed E-state index contributed by atoms with van der Waals surface area (Å²) in [5, 5.41) is 16.1. The molecule has 0 heterocycles. The minimum Gasteiger partial charge on any atom is -0.321 e. The minimum absolute atomic E-state index is 0.0226. The van der Waals surface area contributed by atoms with Crippen molar-refractivity contribution in [2.24, 2.45) is 0 Å². The Kier molecular flexibility index (Phi) is 5.35. The molecule has 30 heavy (non-hydrogen) atoms. The Balaban J connectivity index is 1.76. The molecule has 0 saturated heterocycles. The van der Waals surface area contributed by atoms with Crippen molar-refractivity contribution in [1.29, 1.82) is 0 Å². The fraction of sp³-hybridized carbons (Fsp3) is 0. The molecule has 0 aliphatic carbocycles. The monoisotopic (exact) mass is 394 g/mol. The molecule has 146 valence electrons. The van der Waals surface area contributed by atoms with E-state index in [-0.39, 0.29) is 11.6 Å². The van der Waals surface area contributed by atoms with Gasteiger partial charge in [-0.05, 0) is 28.7 Å². The van der Waals surface area contributed by atoms with Crippen LogP contribution in [0, 0.1) is 10.1 Å². The fourth-order valence-corrected chi connectivity index (χ4v) is 3.32. The van der Waals surface area contributed by atoms with E-state index in [4.69, 9.17) is 0 Å². The lowest BCUT2D eigenvalue weighted by atomic mass is 10.0. The summed E-state index contributed by atoms with van der Waals surface area (Å²) >= 11 is 0. The van der Waals surface area contributed by atoms with Crippen LogP contribution in [0.2, 0.25) is 0 Å². The van der Waals surface area contributed by atoms with E-state index < -0.39 is 4.92 Å². The van der Waals surface area contributed by atoms with Gasteiger partial charge in [0.15, 0.2) is 0 Å². The molecule has 0 radical (unpaired) electrons. The number of nitrogens with one attached hydrogen (secondary N) is 1. The molecule has 0 aliphatic heterocycles. The van der Waals surface area contributed by atoms with Crippen LogP contribution in [0.1, 0.15) is 11.1 Å². The van der Waals surface area contributed by atoms with Gasteiger partial charge in [0.05, 0.1) is 4.92 Å². The van der Waals surface area contributed by atoms with Crippen molar-refractivity contribution in [2.45, 2.75) is 0 Å². The molecule has 1 N–H and O–H groups in total. The Hall–Kier alpha value is -4.25. The van der Waals surface area contributed by atoms with E-state index in [1.165, 1.54) is 12.1 Å². The maximum absolute atomic E-state index is 13.3. The van der Waals surface area contributed by atoms with Gasteiger partial charge in [-0.2, -0.15) is 0 Å². The summed E-state index contributed by atoms with van der Waals surface area (Å²) in [7, 11) is 0. The first-order chi connectivity index (χ1) is 14.6. The van der Waals surface area contributed by atoms with Crippen molar-refractivity contribution in [2.75, 3.05) is 5.32 Å². The highest BCUT2D eigenvalue weighted by Gasteiger charge is 2.14. The van der Waals surface area contributed by atoms with Crippen molar-refractivity contribution < 1.29 is 9.72 Å². The third-order valence-electron chi connectivity index (χ3n) is 4.76. The smallest absolute Gasteiger partial charge is 0.270 e. The molecule has 4 aromatic rings. The molecule has 0 atom stereocenters. The van der Waals surface area contributed by atoms with Gasteiger partial charge < -0.3 is 5.32 Å². The molecule has 4 aromatic carbocycles. The lowest BCUT2D eigenvalue weighted by Crippen LogP contribution is -2.14. The predicted octanol–water partition coefficient (Wildman–Crippen LogP) is 5.93. The quantitative estimate of drug-likeness (QED) is 0.197. The third kappa shape index (κ3) is 4.10. The van der Waals surface area contributed by atoms with E-state index in [1.54, 1.807) is 18.2 Å². The van der Waals surface area contributed by atoms with E-state index in [0.717, 1.165) is 16.3 Å². The summed E-state index contributed by atoms with van der Waals surface area (Å²) in [4.78, 5) is 23.9. The van der Waals surface area contributed by atoms with E-state index in [1.807, 2.05) is 72.8 Å². The van der Waals surface area contributed by atoms with Gasteiger partial charge in [0.25, 0.3) is 11.6 Å². The zero-order valence-electron chi connectivity index (χ0n) is 16.0. The molecule has 0 fully saturated rings. The Bertz CT molecular complexity index is 1260.